The first-order valence-corrected chi connectivity index (χ1v) is 14.1. The lowest BCUT2D eigenvalue weighted by Crippen LogP contribution is -2.43. The Labute approximate surface area is 221 Å². The molecule has 0 spiro atoms. The van der Waals surface area contributed by atoms with Crippen molar-refractivity contribution in [2.24, 2.45) is 0 Å². The molecule has 0 saturated heterocycles. The van der Waals surface area contributed by atoms with E-state index in [1.54, 1.807) is 30.5 Å². The van der Waals surface area contributed by atoms with E-state index in [1.807, 2.05) is 23.1 Å². The fraction of sp³-hybridized carbons (Fsp3) is 0.586. The van der Waals surface area contributed by atoms with Crippen molar-refractivity contribution in [3.05, 3.63) is 45.6 Å². The first kappa shape index (κ1) is 29.7. The standard InChI is InChI=1S/C29H44N2O4S/c1-6-8-9-10-11-12-28(32)30(17-7-2)22-29(33)31(21-27-23(3)16-19-36-27)18-15-24-13-14-25(34-4)26(20-24)35-5/h13-14,16,19-20H,6-12,15,17-18,21-22H2,1-5H3. The molecular weight excluding hydrogens is 472 g/mol. The monoisotopic (exact) mass is 516 g/mol. The molecule has 2 aromatic rings. The highest BCUT2D eigenvalue weighted by Crippen LogP contribution is 2.28. The minimum absolute atomic E-state index is 0.00365. The summed E-state index contributed by atoms with van der Waals surface area (Å²) >= 11 is 1.67. The zero-order valence-corrected chi connectivity index (χ0v) is 23.6. The largest absolute Gasteiger partial charge is 0.493 e. The fourth-order valence-corrected chi connectivity index (χ4v) is 5.12. The van der Waals surface area contributed by atoms with Crippen LogP contribution in [0.4, 0.5) is 0 Å². The van der Waals surface area contributed by atoms with Crippen molar-refractivity contribution in [2.45, 2.75) is 78.7 Å². The van der Waals surface area contributed by atoms with Gasteiger partial charge >= 0.3 is 0 Å². The number of ether oxygens (including phenoxy) is 2. The molecule has 1 heterocycles. The average molecular weight is 517 g/mol. The van der Waals surface area contributed by atoms with E-state index in [1.165, 1.54) is 29.7 Å². The normalized spacial score (nSPS) is 10.8. The van der Waals surface area contributed by atoms with E-state index >= 15 is 0 Å². The molecule has 6 nitrogen and oxygen atoms in total. The Morgan fingerprint density at radius 1 is 0.861 bits per heavy atom. The number of unbranched alkanes of at least 4 members (excludes halogenated alkanes) is 4. The Kier molecular flexibility index (Phi) is 13.4. The molecule has 7 heteroatoms. The molecule has 0 radical (unpaired) electrons. The molecule has 200 valence electrons. The van der Waals surface area contributed by atoms with Crippen LogP contribution in [-0.2, 0) is 22.6 Å². The van der Waals surface area contributed by atoms with E-state index in [0.717, 1.165) is 24.8 Å². The topological polar surface area (TPSA) is 59.1 Å². The number of rotatable bonds is 17. The molecule has 1 aromatic carbocycles. The van der Waals surface area contributed by atoms with Gasteiger partial charge in [0, 0.05) is 24.4 Å². The van der Waals surface area contributed by atoms with E-state index in [-0.39, 0.29) is 18.4 Å². The zero-order valence-electron chi connectivity index (χ0n) is 22.8. The maximum atomic E-state index is 13.5. The molecule has 0 N–H and O–H groups in total. The maximum absolute atomic E-state index is 13.5. The van der Waals surface area contributed by atoms with Crippen molar-refractivity contribution in [3.63, 3.8) is 0 Å². The molecule has 0 atom stereocenters. The average Bonchev–Trinajstić information content (AvgIpc) is 3.29. The van der Waals surface area contributed by atoms with Gasteiger partial charge in [-0.1, -0.05) is 45.6 Å². The third kappa shape index (κ3) is 9.49. The summed E-state index contributed by atoms with van der Waals surface area (Å²) in [6, 6.07) is 7.95. The third-order valence-electron chi connectivity index (χ3n) is 6.44. The summed E-state index contributed by atoms with van der Waals surface area (Å²) in [6.07, 6.45) is 7.58. The smallest absolute Gasteiger partial charge is 0.242 e. The second kappa shape index (κ2) is 16.3. The number of methoxy groups -OCH3 is 2. The van der Waals surface area contributed by atoms with E-state index in [9.17, 15) is 9.59 Å². The summed E-state index contributed by atoms with van der Waals surface area (Å²) in [5.74, 6) is 1.46. The molecule has 1 aromatic heterocycles. The van der Waals surface area contributed by atoms with Gasteiger partial charge < -0.3 is 19.3 Å². The van der Waals surface area contributed by atoms with Gasteiger partial charge in [0.1, 0.15) is 0 Å². The zero-order chi connectivity index (χ0) is 26.3. The molecule has 0 aliphatic heterocycles. The molecule has 36 heavy (non-hydrogen) atoms. The Morgan fingerprint density at radius 2 is 1.61 bits per heavy atom. The van der Waals surface area contributed by atoms with Crippen LogP contribution in [0.3, 0.4) is 0 Å². The lowest BCUT2D eigenvalue weighted by molar-refractivity contribution is -0.141. The first-order chi connectivity index (χ1) is 17.4. The SMILES string of the molecule is CCCCCCCC(=O)N(CCC)CC(=O)N(CCc1ccc(OC)c(OC)c1)Cc1sccc1C. The van der Waals surface area contributed by atoms with Crippen LogP contribution in [0.2, 0.25) is 0 Å². The van der Waals surface area contributed by atoms with Gasteiger partial charge in [-0.2, -0.15) is 0 Å². The van der Waals surface area contributed by atoms with Gasteiger partial charge in [0.15, 0.2) is 11.5 Å². The van der Waals surface area contributed by atoms with Crippen LogP contribution >= 0.6 is 11.3 Å². The molecule has 0 aliphatic carbocycles. The molecule has 0 bridgehead atoms. The van der Waals surface area contributed by atoms with Gasteiger partial charge in [-0.3, -0.25) is 9.59 Å². The molecular formula is C29H44N2O4S. The Morgan fingerprint density at radius 3 is 2.25 bits per heavy atom. The number of hydrogen-bond donors (Lipinski definition) is 0. The summed E-state index contributed by atoms with van der Waals surface area (Å²) in [4.78, 5) is 31.3. The minimum atomic E-state index is -0.00365. The highest BCUT2D eigenvalue weighted by atomic mass is 32.1. The molecule has 2 rings (SSSR count). The minimum Gasteiger partial charge on any atom is -0.493 e. The summed E-state index contributed by atoms with van der Waals surface area (Å²) in [7, 11) is 3.25. The number of nitrogens with zero attached hydrogens (tertiary/aromatic N) is 2. The van der Waals surface area contributed by atoms with Gasteiger partial charge in [-0.25, -0.2) is 0 Å². The highest BCUT2D eigenvalue weighted by molar-refractivity contribution is 7.10. The van der Waals surface area contributed by atoms with E-state index in [4.69, 9.17) is 9.47 Å². The van der Waals surface area contributed by atoms with Crippen LogP contribution in [0.1, 0.15) is 74.8 Å². The predicted octanol–water partition coefficient (Wildman–Crippen LogP) is 6.24. The van der Waals surface area contributed by atoms with Crippen LogP contribution < -0.4 is 9.47 Å². The van der Waals surface area contributed by atoms with Gasteiger partial charge in [0.25, 0.3) is 0 Å². The van der Waals surface area contributed by atoms with Crippen LogP contribution in [0.25, 0.3) is 0 Å². The third-order valence-corrected chi connectivity index (χ3v) is 7.45. The molecule has 0 aliphatic rings. The fourth-order valence-electron chi connectivity index (χ4n) is 4.19. The Bertz CT molecular complexity index is 943. The van der Waals surface area contributed by atoms with Gasteiger partial charge in [0.05, 0.1) is 27.3 Å². The number of aryl methyl sites for hydroxylation is 1. The number of thiophene rings is 1. The number of carbonyl (C=O) groups is 2. The van der Waals surface area contributed by atoms with Crippen LogP contribution in [-0.4, -0.2) is 55.5 Å². The van der Waals surface area contributed by atoms with E-state index in [0.29, 0.717) is 44.0 Å². The van der Waals surface area contributed by atoms with Gasteiger partial charge in [-0.15, -0.1) is 11.3 Å². The predicted molar refractivity (Wildman–Crippen MR) is 148 cm³/mol. The van der Waals surface area contributed by atoms with E-state index in [2.05, 4.69) is 32.2 Å². The first-order valence-electron chi connectivity index (χ1n) is 13.2. The van der Waals surface area contributed by atoms with Crippen molar-refractivity contribution in [1.82, 2.24) is 9.80 Å². The summed E-state index contributed by atoms with van der Waals surface area (Å²) in [5, 5.41) is 2.06. The quantitative estimate of drug-likeness (QED) is 0.233. The van der Waals surface area contributed by atoms with Crippen LogP contribution in [0, 0.1) is 6.92 Å². The summed E-state index contributed by atoms with van der Waals surface area (Å²) in [5.41, 5.74) is 2.26. The molecule has 0 saturated carbocycles. The number of benzene rings is 1. The second-order valence-electron chi connectivity index (χ2n) is 9.26. The Hall–Kier alpha value is -2.54. The lowest BCUT2D eigenvalue weighted by atomic mass is 10.1. The highest BCUT2D eigenvalue weighted by Gasteiger charge is 2.22. The molecule has 2 amide bonds. The number of carbonyl (C=O) groups excluding carboxylic acids is 2. The maximum Gasteiger partial charge on any atom is 0.242 e. The van der Waals surface area contributed by atoms with Crippen molar-refractivity contribution < 1.29 is 19.1 Å². The van der Waals surface area contributed by atoms with Gasteiger partial charge in [-0.05, 0) is 60.9 Å². The van der Waals surface area contributed by atoms with Crippen molar-refractivity contribution >= 4 is 23.2 Å². The summed E-state index contributed by atoms with van der Waals surface area (Å²) < 4.78 is 10.8. The van der Waals surface area contributed by atoms with Crippen LogP contribution in [0.5, 0.6) is 11.5 Å². The summed E-state index contributed by atoms with van der Waals surface area (Å²) in [6.45, 7) is 8.19. The number of hydrogen-bond acceptors (Lipinski definition) is 5. The van der Waals surface area contributed by atoms with Crippen molar-refractivity contribution in [1.29, 1.82) is 0 Å². The lowest BCUT2D eigenvalue weighted by Gasteiger charge is -2.28. The van der Waals surface area contributed by atoms with Crippen molar-refractivity contribution in [3.8, 4) is 11.5 Å². The number of amides is 2. The van der Waals surface area contributed by atoms with E-state index < -0.39 is 0 Å². The molecule has 0 fully saturated rings. The molecule has 0 unspecified atom stereocenters. The van der Waals surface area contributed by atoms with Crippen LogP contribution in [0.15, 0.2) is 29.6 Å². The van der Waals surface area contributed by atoms with Gasteiger partial charge in [0.2, 0.25) is 11.8 Å². The van der Waals surface area contributed by atoms with Crippen molar-refractivity contribution in [2.75, 3.05) is 33.9 Å². The Balaban J connectivity index is 2.09. The second-order valence-corrected chi connectivity index (χ2v) is 10.3.